The van der Waals surface area contributed by atoms with Crippen molar-refractivity contribution in [1.82, 2.24) is 20.1 Å². The molecule has 0 saturated carbocycles. The van der Waals surface area contributed by atoms with E-state index >= 15 is 0 Å². The third kappa shape index (κ3) is 2.95. The van der Waals surface area contributed by atoms with Gasteiger partial charge in [0.25, 0.3) is 5.91 Å². The number of amides is 1. The molecule has 2 aromatic heterocycles. The predicted molar refractivity (Wildman–Crippen MR) is 71.2 cm³/mol. The van der Waals surface area contributed by atoms with Gasteiger partial charge in [0.1, 0.15) is 5.69 Å². The first-order chi connectivity index (χ1) is 8.68. The predicted octanol–water partition coefficient (Wildman–Crippen LogP) is 1.55. The molecule has 2 aromatic rings. The molecule has 2 heterocycles. The van der Waals surface area contributed by atoms with Crippen molar-refractivity contribution in [2.75, 3.05) is 6.54 Å². The Morgan fingerprint density at radius 2 is 2.28 bits per heavy atom. The van der Waals surface area contributed by atoms with Crippen LogP contribution in [0.5, 0.6) is 0 Å². The van der Waals surface area contributed by atoms with E-state index in [1.807, 2.05) is 13.1 Å². The second-order valence-corrected chi connectivity index (χ2v) is 4.64. The normalized spacial score (nSPS) is 10.3. The minimum atomic E-state index is -0.176. The molecular formula is C12H13BrN4O. The highest BCUT2D eigenvalue weighted by molar-refractivity contribution is 9.10. The van der Waals surface area contributed by atoms with Crippen molar-refractivity contribution < 1.29 is 4.79 Å². The highest BCUT2D eigenvalue weighted by atomic mass is 79.9. The highest BCUT2D eigenvalue weighted by Crippen LogP contribution is 2.12. The molecular weight excluding hydrogens is 296 g/mol. The number of nitrogens with zero attached hydrogens (tertiary/aromatic N) is 3. The van der Waals surface area contributed by atoms with Crippen molar-refractivity contribution in [3.05, 3.63) is 46.5 Å². The fraction of sp³-hybridized carbons (Fsp3) is 0.250. The van der Waals surface area contributed by atoms with Crippen LogP contribution in [0.25, 0.3) is 0 Å². The standard InChI is InChI=1S/C12H13BrN4O/c1-17-9(5-8-16-17)4-7-15-12(18)11-10(13)3-2-6-14-11/h2-3,5-6,8H,4,7H2,1H3,(H,15,18). The zero-order chi connectivity index (χ0) is 13.0. The van der Waals surface area contributed by atoms with Gasteiger partial charge in [-0.2, -0.15) is 5.10 Å². The topological polar surface area (TPSA) is 59.8 Å². The second kappa shape index (κ2) is 5.77. The number of aryl methyl sites for hydroxylation is 1. The quantitative estimate of drug-likeness (QED) is 0.932. The molecule has 1 N–H and O–H groups in total. The number of hydrogen-bond acceptors (Lipinski definition) is 3. The minimum Gasteiger partial charge on any atom is -0.350 e. The number of carbonyl (C=O) groups excluding carboxylic acids is 1. The Hall–Kier alpha value is -1.69. The van der Waals surface area contributed by atoms with Crippen LogP contribution in [0.3, 0.4) is 0 Å². The number of hydrogen-bond donors (Lipinski definition) is 1. The third-order valence-electron chi connectivity index (χ3n) is 2.56. The van der Waals surface area contributed by atoms with Gasteiger partial charge in [-0.25, -0.2) is 4.98 Å². The van der Waals surface area contributed by atoms with Gasteiger partial charge in [0.05, 0.1) is 0 Å². The molecule has 0 radical (unpaired) electrons. The maximum absolute atomic E-state index is 11.9. The maximum atomic E-state index is 11.9. The van der Waals surface area contributed by atoms with Crippen molar-refractivity contribution in [2.24, 2.45) is 7.05 Å². The van der Waals surface area contributed by atoms with Crippen molar-refractivity contribution in [1.29, 1.82) is 0 Å². The van der Waals surface area contributed by atoms with E-state index in [1.165, 1.54) is 0 Å². The molecule has 0 aromatic carbocycles. The molecule has 0 saturated heterocycles. The van der Waals surface area contributed by atoms with Crippen LogP contribution >= 0.6 is 15.9 Å². The summed E-state index contributed by atoms with van der Waals surface area (Å²) in [6, 6.07) is 5.50. The zero-order valence-corrected chi connectivity index (χ0v) is 11.5. The highest BCUT2D eigenvalue weighted by Gasteiger charge is 2.10. The molecule has 0 aliphatic carbocycles. The van der Waals surface area contributed by atoms with Crippen molar-refractivity contribution in [3.63, 3.8) is 0 Å². The van der Waals surface area contributed by atoms with E-state index in [0.717, 1.165) is 12.1 Å². The first-order valence-electron chi connectivity index (χ1n) is 5.54. The number of nitrogens with one attached hydrogen (secondary N) is 1. The third-order valence-corrected chi connectivity index (χ3v) is 3.20. The van der Waals surface area contributed by atoms with Gasteiger partial charge < -0.3 is 5.32 Å². The van der Waals surface area contributed by atoms with Crippen LogP contribution < -0.4 is 5.32 Å². The Labute approximate surface area is 113 Å². The Morgan fingerprint density at radius 3 is 2.94 bits per heavy atom. The Morgan fingerprint density at radius 1 is 1.44 bits per heavy atom. The summed E-state index contributed by atoms with van der Waals surface area (Å²) in [5.41, 5.74) is 1.48. The summed E-state index contributed by atoms with van der Waals surface area (Å²) in [5.74, 6) is -0.176. The van der Waals surface area contributed by atoms with Crippen LogP contribution in [-0.4, -0.2) is 27.2 Å². The summed E-state index contributed by atoms with van der Waals surface area (Å²) in [6.45, 7) is 0.557. The van der Waals surface area contributed by atoms with Gasteiger partial charge in [0.2, 0.25) is 0 Å². The van der Waals surface area contributed by atoms with E-state index < -0.39 is 0 Å². The van der Waals surface area contributed by atoms with E-state index in [2.05, 4.69) is 31.3 Å². The fourth-order valence-corrected chi connectivity index (χ4v) is 2.02. The van der Waals surface area contributed by atoms with Gasteiger partial charge >= 0.3 is 0 Å². The SMILES string of the molecule is Cn1nccc1CCNC(=O)c1ncccc1Br. The number of halogens is 1. The van der Waals surface area contributed by atoms with Crippen LogP contribution in [-0.2, 0) is 13.5 Å². The van der Waals surface area contributed by atoms with E-state index in [-0.39, 0.29) is 5.91 Å². The van der Waals surface area contributed by atoms with Gasteiger partial charge in [-0.05, 0) is 34.1 Å². The monoisotopic (exact) mass is 308 g/mol. The molecule has 94 valence electrons. The molecule has 2 rings (SSSR count). The number of pyridine rings is 1. The Kier molecular flexibility index (Phi) is 4.09. The minimum absolute atomic E-state index is 0.176. The Bertz CT molecular complexity index is 553. The lowest BCUT2D eigenvalue weighted by molar-refractivity contribution is 0.0948. The van der Waals surface area contributed by atoms with Crippen LogP contribution in [0.2, 0.25) is 0 Å². The van der Waals surface area contributed by atoms with Crippen molar-refractivity contribution in [3.8, 4) is 0 Å². The van der Waals surface area contributed by atoms with Gasteiger partial charge in [-0.1, -0.05) is 0 Å². The molecule has 5 nitrogen and oxygen atoms in total. The maximum Gasteiger partial charge on any atom is 0.271 e. The summed E-state index contributed by atoms with van der Waals surface area (Å²) in [5, 5.41) is 6.90. The number of rotatable bonds is 4. The number of aromatic nitrogens is 3. The lowest BCUT2D eigenvalue weighted by atomic mass is 10.3. The Balaban J connectivity index is 1.90. The summed E-state index contributed by atoms with van der Waals surface area (Å²) in [4.78, 5) is 15.9. The van der Waals surface area contributed by atoms with Gasteiger partial charge in [-0.15, -0.1) is 0 Å². The van der Waals surface area contributed by atoms with E-state index in [9.17, 15) is 4.79 Å². The zero-order valence-electron chi connectivity index (χ0n) is 9.93. The largest absolute Gasteiger partial charge is 0.350 e. The van der Waals surface area contributed by atoms with Crippen LogP contribution in [0.4, 0.5) is 0 Å². The van der Waals surface area contributed by atoms with Gasteiger partial charge in [0.15, 0.2) is 0 Å². The molecule has 0 aliphatic rings. The molecule has 0 atom stereocenters. The van der Waals surface area contributed by atoms with Gasteiger partial charge in [0, 0.05) is 42.6 Å². The molecule has 0 fully saturated rings. The molecule has 6 heteroatoms. The molecule has 0 spiro atoms. The van der Waals surface area contributed by atoms with Gasteiger partial charge in [-0.3, -0.25) is 9.48 Å². The van der Waals surface area contributed by atoms with Crippen molar-refractivity contribution >= 4 is 21.8 Å². The summed E-state index contributed by atoms with van der Waals surface area (Å²) < 4.78 is 2.49. The smallest absolute Gasteiger partial charge is 0.271 e. The summed E-state index contributed by atoms with van der Waals surface area (Å²) in [6.07, 6.45) is 4.08. The lowest BCUT2D eigenvalue weighted by Crippen LogP contribution is -2.27. The molecule has 0 unspecified atom stereocenters. The van der Waals surface area contributed by atoms with Crippen molar-refractivity contribution in [2.45, 2.75) is 6.42 Å². The average Bonchev–Trinajstić information content (AvgIpc) is 2.75. The lowest BCUT2D eigenvalue weighted by Gasteiger charge is -2.06. The average molecular weight is 309 g/mol. The molecule has 18 heavy (non-hydrogen) atoms. The molecule has 1 amide bonds. The van der Waals surface area contributed by atoms with E-state index in [0.29, 0.717) is 16.7 Å². The van der Waals surface area contributed by atoms with Crippen LogP contribution in [0, 0.1) is 0 Å². The first-order valence-corrected chi connectivity index (χ1v) is 6.33. The first kappa shape index (κ1) is 12.8. The summed E-state index contributed by atoms with van der Waals surface area (Å²) >= 11 is 3.30. The molecule has 0 bridgehead atoms. The summed E-state index contributed by atoms with van der Waals surface area (Å²) in [7, 11) is 1.88. The van der Waals surface area contributed by atoms with E-state index in [4.69, 9.17) is 0 Å². The molecule has 0 aliphatic heterocycles. The van der Waals surface area contributed by atoms with E-state index in [1.54, 1.807) is 29.2 Å². The fourth-order valence-electron chi connectivity index (χ4n) is 1.59. The number of carbonyl (C=O) groups is 1. The van der Waals surface area contributed by atoms with Crippen LogP contribution in [0.1, 0.15) is 16.2 Å². The van der Waals surface area contributed by atoms with Crippen LogP contribution in [0.15, 0.2) is 35.1 Å². The second-order valence-electron chi connectivity index (χ2n) is 3.79.